The summed E-state index contributed by atoms with van der Waals surface area (Å²) < 4.78 is 3.03. The second-order valence-corrected chi connectivity index (χ2v) is 7.11. The summed E-state index contributed by atoms with van der Waals surface area (Å²) >= 11 is 0. The highest BCUT2D eigenvalue weighted by atomic mass is 16.2. The first-order chi connectivity index (χ1) is 13.5. The number of H-pyrrole nitrogens is 1. The number of carbonyl (C=O) groups excluding carboxylic acids is 1. The zero-order chi connectivity index (χ0) is 19.8. The van der Waals surface area contributed by atoms with Gasteiger partial charge in [0.25, 0.3) is 11.5 Å². The monoisotopic (exact) mass is 382 g/mol. The van der Waals surface area contributed by atoms with Crippen LogP contribution in [0.2, 0.25) is 0 Å². The predicted octanol–water partition coefficient (Wildman–Crippen LogP) is 0.858. The minimum Gasteiger partial charge on any atom is -0.338 e. The molecule has 0 spiro atoms. The molecule has 0 radical (unpaired) electrons. The number of aryl methyl sites for hydroxylation is 1. The Hall–Kier alpha value is -3.23. The number of hydrogen-bond donors (Lipinski definition) is 1. The highest BCUT2D eigenvalue weighted by molar-refractivity contribution is 5.97. The lowest BCUT2D eigenvalue weighted by molar-refractivity contribution is 0.0703. The molecule has 1 aliphatic rings. The molecule has 2 aromatic heterocycles. The van der Waals surface area contributed by atoms with Crippen molar-refractivity contribution in [1.82, 2.24) is 29.2 Å². The van der Waals surface area contributed by atoms with E-state index in [0.29, 0.717) is 41.9 Å². The summed E-state index contributed by atoms with van der Waals surface area (Å²) in [5.41, 5.74) is 0.652. The van der Waals surface area contributed by atoms with Crippen LogP contribution < -0.4 is 11.2 Å². The molecule has 1 atom stereocenters. The molecule has 9 heteroatoms. The minimum atomic E-state index is -0.219. The lowest BCUT2D eigenvalue weighted by atomic mass is 9.96. The van der Waals surface area contributed by atoms with Gasteiger partial charge in [-0.05, 0) is 38.0 Å². The number of rotatable bonds is 3. The van der Waals surface area contributed by atoms with E-state index in [1.54, 1.807) is 34.7 Å². The molecular formula is C19H22N6O3. The Labute approximate surface area is 160 Å². The van der Waals surface area contributed by atoms with Crippen molar-refractivity contribution in [2.24, 2.45) is 7.05 Å². The summed E-state index contributed by atoms with van der Waals surface area (Å²) in [6.07, 6.45) is 3.17. The summed E-state index contributed by atoms with van der Waals surface area (Å²) in [5, 5.41) is 7.17. The molecule has 1 aliphatic heterocycles. The summed E-state index contributed by atoms with van der Waals surface area (Å²) in [5.74, 6) is 0.617. The van der Waals surface area contributed by atoms with Gasteiger partial charge in [-0.1, -0.05) is 0 Å². The fraction of sp³-hybridized carbons (Fsp3) is 0.421. The fourth-order valence-corrected chi connectivity index (χ4v) is 3.85. The van der Waals surface area contributed by atoms with Gasteiger partial charge < -0.3 is 9.47 Å². The van der Waals surface area contributed by atoms with E-state index in [0.717, 1.165) is 12.8 Å². The second kappa shape index (κ2) is 7.06. The maximum absolute atomic E-state index is 13.0. The van der Waals surface area contributed by atoms with Gasteiger partial charge in [0.05, 0.1) is 17.2 Å². The first kappa shape index (κ1) is 18.1. The molecule has 1 aromatic carbocycles. The average Bonchev–Trinajstić information content (AvgIpc) is 3.10. The summed E-state index contributed by atoms with van der Waals surface area (Å²) in [7, 11) is 1.65. The van der Waals surface area contributed by atoms with Crippen molar-refractivity contribution >= 4 is 16.8 Å². The van der Waals surface area contributed by atoms with Crippen LogP contribution in [0.15, 0.2) is 34.1 Å². The predicted molar refractivity (Wildman–Crippen MR) is 103 cm³/mol. The van der Waals surface area contributed by atoms with Crippen molar-refractivity contribution in [3.05, 3.63) is 56.8 Å². The second-order valence-electron chi connectivity index (χ2n) is 7.11. The van der Waals surface area contributed by atoms with Crippen LogP contribution in [0.5, 0.6) is 0 Å². The van der Waals surface area contributed by atoms with Gasteiger partial charge in [0, 0.05) is 38.2 Å². The van der Waals surface area contributed by atoms with Crippen molar-refractivity contribution in [1.29, 1.82) is 0 Å². The Bertz CT molecular complexity index is 1160. The Morgan fingerprint density at radius 1 is 1.32 bits per heavy atom. The largest absolute Gasteiger partial charge is 0.343 e. The Morgan fingerprint density at radius 2 is 2.14 bits per heavy atom. The highest BCUT2D eigenvalue weighted by Crippen LogP contribution is 2.26. The van der Waals surface area contributed by atoms with E-state index in [1.807, 2.05) is 6.92 Å². The van der Waals surface area contributed by atoms with Crippen LogP contribution in [-0.2, 0) is 13.6 Å². The van der Waals surface area contributed by atoms with Gasteiger partial charge in [-0.15, -0.1) is 0 Å². The number of aromatic nitrogens is 5. The van der Waals surface area contributed by atoms with Crippen LogP contribution >= 0.6 is 0 Å². The smallest absolute Gasteiger partial charge is 0.338 e. The maximum atomic E-state index is 13.0. The van der Waals surface area contributed by atoms with E-state index in [-0.39, 0.29) is 23.1 Å². The van der Waals surface area contributed by atoms with Crippen LogP contribution in [-0.4, -0.2) is 48.2 Å². The third kappa shape index (κ3) is 3.02. The molecular weight excluding hydrogens is 360 g/mol. The molecule has 0 aliphatic carbocycles. The van der Waals surface area contributed by atoms with Crippen molar-refractivity contribution in [3.63, 3.8) is 0 Å². The van der Waals surface area contributed by atoms with E-state index in [4.69, 9.17) is 0 Å². The van der Waals surface area contributed by atoms with Crippen LogP contribution in [0.3, 0.4) is 0 Å². The van der Waals surface area contributed by atoms with Gasteiger partial charge >= 0.3 is 5.69 Å². The summed E-state index contributed by atoms with van der Waals surface area (Å²) in [6.45, 7) is 3.60. The lowest BCUT2D eigenvalue weighted by Gasteiger charge is -2.32. The quantitative estimate of drug-likeness (QED) is 0.723. The maximum Gasteiger partial charge on any atom is 0.343 e. The Kier molecular flexibility index (Phi) is 4.58. The molecule has 0 saturated carbocycles. The number of piperidine rings is 1. The molecule has 9 nitrogen and oxygen atoms in total. The fourth-order valence-electron chi connectivity index (χ4n) is 3.85. The third-order valence-electron chi connectivity index (χ3n) is 5.34. The van der Waals surface area contributed by atoms with Gasteiger partial charge in [-0.25, -0.2) is 14.9 Å². The molecule has 0 bridgehead atoms. The topological polar surface area (TPSA) is 106 Å². The molecule has 3 aromatic rings. The highest BCUT2D eigenvalue weighted by Gasteiger charge is 2.29. The SMILES string of the molecule is CCn1c(C2CCCN(C(=O)c3ccc4c(=O)n(C)cnc4c3)C2)n[nH]c1=O. The van der Waals surface area contributed by atoms with Crippen molar-refractivity contribution in [3.8, 4) is 0 Å². The number of fused-ring (bicyclic) bond motifs is 1. The van der Waals surface area contributed by atoms with Crippen LogP contribution in [0.4, 0.5) is 0 Å². The van der Waals surface area contributed by atoms with E-state index in [1.165, 1.54) is 10.9 Å². The first-order valence-corrected chi connectivity index (χ1v) is 9.39. The molecule has 1 N–H and O–H groups in total. The third-order valence-corrected chi connectivity index (χ3v) is 5.34. The molecule has 3 heterocycles. The van der Waals surface area contributed by atoms with Crippen LogP contribution in [0.25, 0.3) is 10.9 Å². The van der Waals surface area contributed by atoms with Crippen LogP contribution in [0.1, 0.15) is 41.9 Å². The first-order valence-electron chi connectivity index (χ1n) is 9.39. The van der Waals surface area contributed by atoms with Gasteiger partial charge in [-0.2, -0.15) is 5.10 Å². The standard InChI is InChI=1S/C19H22N6O3/c1-3-25-16(21-22-19(25)28)13-5-4-8-24(10-13)17(26)12-6-7-14-15(9-12)20-11-23(2)18(14)27/h6-7,9,11,13H,3-5,8,10H2,1-2H3,(H,22,28). The van der Waals surface area contributed by atoms with Gasteiger partial charge in [-0.3, -0.25) is 14.2 Å². The lowest BCUT2D eigenvalue weighted by Crippen LogP contribution is -2.40. The van der Waals surface area contributed by atoms with Crippen LogP contribution in [0, 0.1) is 0 Å². The summed E-state index contributed by atoms with van der Waals surface area (Å²) in [4.78, 5) is 43.1. The Balaban J connectivity index is 1.61. The number of benzene rings is 1. The van der Waals surface area contributed by atoms with Gasteiger partial charge in [0.1, 0.15) is 5.82 Å². The van der Waals surface area contributed by atoms with Crippen molar-refractivity contribution < 1.29 is 4.79 Å². The number of likely N-dealkylation sites (tertiary alicyclic amines) is 1. The van der Waals surface area contributed by atoms with E-state index >= 15 is 0 Å². The number of aromatic amines is 1. The Morgan fingerprint density at radius 3 is 2.93 bits per heavy atom. The molecule has 1 fully saturated rings. The molecule has 1 saturated heterocycles. The molecule has 4 rings (SSSR count). The molecule has 1 amide bonds. The van der Waals surface area contributed by atoms with E-state index in [2.05, 4.69) is 15.2 Å². The number of carbonyl (C=O) groups is 1. The average molecular weight is 382 g/mol. The molecule has 146 valence electrons. The normalized spacial score (nSPS) is 17.2. The van der Waals surface area contributed by atoms with Crippen molar-refractivity contribution in [2.75, 3.05) is 13.1 Å². The zero-order valence-corrected chi connectivity index (χ0v) is 15.9. The van der Waals surface area contributed by atoms with Gasteiger partial charge in [0.15, 0.2) is 0 Å². The molecule has 1 unspecified atom stereocenters. The van der Waals surface area contributed by atoms with E-state index in [9.17, 15) is 14.4 Å². The number of nitrogens with zero attached hydrogens (tertiary/aromatic N) is 5. The number of hydrogen-bond acceptors (Lipinski definition) is 5. The zero-order valence-electron chi connectivity index (χ0n) is 15.9. The number of nitrogens with one attached hydrogen (secondary N) is 1. The van der Waals surface area contributed by atoms with Crippen molar-refractivity contribution in [2.45, 2.75) is 32.2 Å². The molecule has 28 heavy (non-hydrogen) atoms. The summed E-state index contributed by atoms with van der Waals surface area (Å²) in [6, 6.07) is 4.99. The van der Waals surface area contributed by atoms with Gasteiger partial charge in [0.2, 0.25) is 0 Å². The minimum absolute atomic E-state index is 0.0162. The number of amides is 1. The van der Waals surface area contributed by atoms with E-state index < -0.39 is 0 Å².